The van der Waals surface area contributed by atoms with Crippen molar-refractivity contribution < 1.29 is 13.9 Å². The molecule has 1 saturated heterocycles. The van der Waals surface area contributed by atoms with E-state index in [1.54, 1.807) is 36.3 Å². The molecule has 5 nitrogen and oxygen atoms in total. The number of hydrogen-bond donors (Lipinski definition) is 1. The Kier molecular flexibility index (Phi) is 6.19. The average Bonchev–Trinajstić information content (AvgIpc) is 3.14. The molecule has 0 unspecified atom stereocenters. The average molecular weight is 480 g/mol. The van der Waals surface area contributed by atoms with Crippen molar-refractivity contribution in [3.8, 4) is 5.75 Å². The van der Waals surface area contributed by atoms with Gasteiger partial charge in [-0.1, -0.05) is 23.7 Å². The van der Waals surface area contributed by atoms with Gasteiger partial charge in [0.25, 0.3) is 0 Å². The van der Waals surface area contributed by atoms with Gasteiger partial charge in [-0.05, 0) is 91.7 Å². The maximum atomic E-state index is 14.3. The van der Waals surface area contributed by atoms with E-state index in [0.29, 0.717) is 12.2 Å². The Bertz CT molecular complexity index is 1190. The van der Waals surface area contributed by atoms with E-state index in [4.69, 9.17) is 16.3 Å². The van der Waals surface area contributed by atoms with Crippen molar-refractivity contribution in [2.75, 3.05) is 37.0 Å². The van der Waals surface area contributed by atoms with Gasteiger partial charge >= 0.3 is 6.03 Å². The van der Waals surface area contributed by atoms with Crippen molar-refractivity contribution in [2.45, 2.75) is 24.8 Å². The Morgan fingerprint density at radius 2 is 1.85 bits per heavy atom. The highest BCUT2D eigenvalue weighted by atomic mass is 35.5. The Balaban J connectivity index is 1.33. The largest absolute Gasteiger partial charge is 0.497 e. The molecular formula is C27H27ClFN3O2. The maximum absolute atomic E-state index is 14.3. The van der Waals surface area contributed by atoms with Crippen LogP contribution < -0.4 is 15.0 Å². The molecule has 2 amide bonds. The number of amides is 2. The van der Waals surface area contributed by atoms with Gasteiger partial charge in [-0.2, -0.15) is 0 Å². The zero-order chi connectivity index (χ0) is 23.7. The quantitative estimate of drug-likeness (QED) is 0.493. The number of rotatable bonds is 4. The summed E-state index contributed by atoms with van der Waals surface area (Å²) in [5.74, 6) is 0.459. The Labute approximate surface area is 204 Å². The first-order valence-electron chi connectivity index (χ1n) is 11.5. The first-order chi connectivity index (χ1) is 16.5. The second kappa shape index (κ2) is 9.28. The second-order valence-corrected chi connectivity index (χ2v) is 9.53. The number of methoxy groups -OCH3 is 1. The SMILES string of the molecule is COc1ccc(NC(=O)N2CC3(CCN(Cc4cccc(Cl)c4)CC3)c3cc(F)ccc32)cc1. The fourth-order valence-electron chi connectivity index (χ4n) is 5.15. The zero-order valence-electron chi connectivity index (χ0n) is 19.1. The van der Waals surface area contributed by atoms with Gasteiger partial charge in [0.2, 0.25) is 0 Å². The van der Waals surface area contributed by atoms with Crippen LogP contribution in [0.2, 0.25) is 5.02 Å². The number of nitrogens with zero attached hydrogens (tertiary/aromatic N) is 2. The van der Waals surface area contributed by atoms with E-state index in [1.807, 2.05) is 30.3 Å². The van der Waals surface area contributed by atoms with Crippen LogP contribution in [0.1, 0.15) is 24.0 Å². The van der Waals surface area contributed by atoms with E-state index in [0.717, 1.165) is 54.5 Å². The zero-order valence-corrected chi connectivity index (χ0v) is 19.8. The van der Waals surface area contributed by atoms with E-state index in [1.165, 1.54) is 11.6 Å². The third-order valence-corrected chi connectivity index (χ3v) is 7.21. The number of benzene rings is 3. The van der Waals surface area contributed by atoms with E-state index >= 15 is 0 Å². The molecule has 5 rings (SSSR count). The first kappa shape index (κ1) is 22.7. The molecule has 34 heavy (non-hydrogen) atoms. The molecule has 1 N–H and O–H groups in total. The fourth-order valence-corrected chi connectivity index (χ4v) is 5.36. The summed E-state index contributed by atoms with van der Waals surface area (Å²) >= 11 is 6.15. The van der Waals surface area contributed by atoms with Crippen molar-refractivity contribution >= 4 is 29.0 Å². The Morgan fingerprint density at radius 1 is 1.09 bits per heavy atom. The number of anilines is 2. The minimum absolute atomic E-state index is 0.212. The highest BCUT2D eigenvalue weighted by Crippen LogP contribution is 2.47. The van der Waals surface area contributed by atoms with Crippen molar-refractivity contribution in [1.29, 1.82) is 0 Å². The maximum Gasteiger partial charge on any atom is 0.326 e. The number of urea groups is 1. The molecule has 2 heterocycles. The van der Waals surface area contributed by atoms with E-state index < -0.39 is 0 Å². The van der Waals surface area contributed by atoms with Crippen molar-refractivity contribution in [2.24, 2.45) is 0 Å². The number of hydrogen-bond acceptors (Lipinski definition) is 3. The molecule has 7 heteroatoms. The lowest BCUT2D eigenvalue weighted by Crippen LogP contribution is -2.46. The minimum atomic E-state index is -0.267. The smallest absolute Gasteiger partial charge is 0.326 e. The van der Waals surface area contributed by atoms with Gasteiger partial charge in [0.15, 0.2) is 0 Å². The molecule has 1 fully saturated rings. The van der Waals surface area contributed by atoms with Crippen LogP contribution in [0.15, 0.2) is 66.7 Å². The summed E-state index contributed by atoms with van der Waals surface area (Å²) in [6.07, 6.45) is 1.71. The third-order valence-electron chi connectivity index (χ3n) is 6.98. The monoisotopic (exact) mass is 479 g/mol. The molecule has 176 valence electrons. The topological polar surface area (TPSA) is 44.8 Å². The van der Waals surface area contributed by atoms with Crippen LogP contribution in [0.5, 0.6) is 5.75 Å². The lowest BCUT2D eigenvalue weighted by Gasteiger charge is -2.40. The van der Waals surface area contributed by atoms with Gasteiger partial charge in [-0.25, -0.2) is 9.18 Å². The summed E-state index contributed by atoms with van der Waals surface area (Å²) in [5, 5.41) is 3.71. The van der Waals surface area contributed by atoms with Crippen molar-refractivity contribution in [1.82, 2.24) is 4.90 Å². The van der Waals surface area contributed by atoms with Gasteiger partial charge in [0.05, 0.1) is 7.11 Å². The van der Waals surface area contributed by atoms with Gasteiger partial charge in [-0.15, -0.1) is 0 Å². The van der Waals surface area contributed by atoms with Crippen molar-refractivity contribution in [3.05, 3.63) is 88.7 Å². The summed E-state index contributed by atoms with van der Waals surface area (Å²) in [6, 6.07) is 19.7. The molecule has 2 aliphatic rings. The van der Waals surface area contributed by atoms with E-state index in [9.17, 15) is 9.18 Å². The standard InChI is InChI=1S/C27H27ClFN3O2/c1-34-23-8-6-22(7-9-23)30-26(33)32-18-27(24-16-21(29)5-10-25(24)32)11-13-31(14-12-27)17-19-3-2-4-20(28)15-19/h2-10,15-16H,11-14,17-18H2,1H3,(H,30,33). The number of nitrogens with one attached hydrogen (secondary N) is 1. The van der Waals surface area contributed by atoms with Crippen molar-refractivity contribution in [3.63, 3.8) is 0 Å². The number of likely N-dealkylation sites (tertiary alicyclic amines) is 1. The van der Waals surface area contributed by atoms with Crippen LogP contribution in [0.4, 0.5) is 20.6 Å². The number of fused-ring (bicyclic) bond motifs is 2. The number of halogens is 2. The van der Waals surface area contributed by atoms with Gasteiger partial charge < -0.3 is 10.1 Å². The number of carbonyl (C=O) groups excluding carboxylic acids is 1. The molecule has 0 aliphatic carbocycles. The molecule has 2 aliphatic heterocycles. The molecule has 0 radical (unpaired) electrons. The van der Waals surface area contributed by atoms with E-state index in [-0.39, 0.29) is 17.3 Å². The predicted octanol–water partition coefficient (Wildman–Crippen LogP) is 6.07. The summed E-state index contributed by atoms with van der Waals surface area (Å²) in [7, 11) is 1.60. The minimum Gasteiger partial charge on any atom is -0.497 e. The molecule has 1 spiro atoms. The van der Waals surface area contributed by atoms with Crippen LogP contribution >= 0.6 is 11.6 Å². The Morgan fingerprint density at radius 3 is 2.56 bits per heavy atom. The lowest BCUT2D eigenvalue weighted by atomic mass is 9.74. The van der Waals surface area contributed by atoms with Crippen LogP contribution in [0.25, 0.3) is 0 Å². The predicted molar refractivity (Wildman–Crippen MR) is 133 cm³/mol. The molecule has 3 aromatic carbocycles. The van der Waals surface area contributed by atoms with Gasteiger partial charge in [0, 0.05) is 34.9 Å². The summed E-state index contributed by atoms with van der Waals surface area (Å²) in [4.78, 5) is 17.4. The molecule has 0 bridgehead atoms. The lowest BCUT2D eigenvalue weighted by molar-refractivity contribution is 0.160. The normalized spacial score (nSPS) is 17.0. The van der Waals surface area contributed by atoms with Crippen LogP contribution in [0, 0.1) is 5.82 Å². The highest BCUT2D eigenvalue weighted by Gasteiger charge is 2.46. The van der Waals surface area contributed by atoms with Gasteiger partial charge in [-0.3, -0.25) is 9.80 Å². The fraction of sp³-hybridized carbons (Fsp3) is 0.296. The van der Waals surface area contributed by atoms with Crippen LogP contribution in [0.3, 0.4) is 0 Å². The number of ether oxygens (including phenoxy) is 1. The first-order valence-corrected chi connectivity index (χ1v) is 11.8. The third kappa shape index (κ3) is 4.48. The molecular weight excluding hydrogens is 453 g/mol. The van der Waals surface area contributed by atoms with Gasteiger partial charge in [0.1, 0.15) is 11.6 Å². The molecule has 0 saturated carbocycles. The number of carbonyl (C=O) groups is 1. The Hall–Kier alpha value is -3.09. The molecule has 0 aromatic heterocycles. The summed E-state index contributed by atoms with van der Waals surface area (Å²) in [6.45, 7) is 3.11. The summed E-state index contributed by atoms with van der Waals surface area (Å²) < 4.78 is 19.5. The molecule has 0 atom stereocenters. The highest BCUT2D eigenvalue weighted by molar-refractivity contribution is 6.30. The second-order valence-electron chi connectivity index (χ2n) is 9.09. The summed E-state index contributed by atoms with van der Waals surface area (Å²) in [5.41, 5.74) is 3.34. The van der Waals surface area contributed by atoms with Crippen LogP contribution in [-0.2, 0) is 12.0 Å². The van der Waals surface area contributed by atoms with Crippen LogP contribution in [-0.4, -0.2) is 37.7 Å². The number of piperidine rings is 1. The van der Waals surface area contributed by atoms with E-state index in [2.05, 4.69) is 16.3 Å². The molecule has 3 aromatic rings.